The molecule has 0 atom stereocenters. The van der Waals surface area contributed by atoms with Gasteiger partial charge in [-0.1, -0.05) is 6.07 Å². The van der Waals surface area contributed by atoms with Crippen molar-refractivity contribution in [1.82, 2.24) is 10.9 Å². The van der Waals surface area contributed by atoms with E-state index in [2.05, 4.69) is 15.6 Å². The molecule has 0 bridgehead atoms. The second-order valence-electron chi connectivity index (χ2n) is 6.91. The number of amides is 2. The van der Waals surface area contributed by atoms with Crippen LogP contribution in [0.15, 0.2) is 71.6 Å². The third kappa shape index (κ3) is 4.88. The van der Waals surface area contributed by atoms with Gasteiger partial charge in [0, 0.05) is 28.9 Å². The van der Waals surface area contributed by atoms with Gasteiger partial charge in [0.25, 0.3) is 27.5 Å². The van der Waals surface area contributed by atoms with Gasteiger partial charge in [-0.3, -0.25) is 35.3 Å². The summed E-state index contributed by atoms with van der Waals surface area (Å²) in [5, 5.41) is 10.9. The van der Waals surface area contributed by atoms with E-state index in [1.807, 2.05) is 0 Å². The van der Waals surface area contributed by atoms with Gasteiger partial charge in [-0.05, 0) is 48.5 Å². The van der Waals surface area contributed by atoms with Crippen molar-refractivity contribution in [3.05, 3.63) is 88.0 Å². The molecule has 12 nitrogen and oxygen atoms in total. The van der Waals surface area contributed by atoms with Crippen molar-refractivity contribution in [2.75, 3.05) is 11.5 Å². The van der Waals surface area contributed by atoms with Crippen LogP contribution >= 0.6 is 0 Å². The van der Waals surface area contributed by atoms with Gasteiger partial charge in [0.1, 0.15) is 0 Å². The van der Waals surface area contributed by atoms with E-state index in [9.17, 15) is 28.1 Å². The number of carbonyl (C=O) groups excluding carboxylic acids is 2. The lowest BCUT2D eigenvalue weighted by Crippen LogP contribution is -2.41. The second-order valence-corrected chi connectivity index (χ2v) is 8.60. The topological polar surface area (TPSA) is 166 Å². The number of fused-ring (bicyclic) bond motifs is 1. The molecule has 3 aromatic rings. The lowest BCUT2D eigenvalue weighted by atomic mass is 10.2. The van der Waals surface area contributed by atoms with E-state index in [-0.39, 0.29) is 34.2 Å². The SMILES string of the molecule is O=C(NNC(=O)c1ccc2c(c1)OCO2)c1ccc(NS(=O)(=O)c2cccc([N+](=O)[O-])c2)cc1. The second kappa shape index (κ2) is 9.07. The molecule has 3 aromatic carbocycles. The smallest absolute Gasteiger partial charge is 0.270 e. The number of sulfonamides is 1. The number of non-ortho nitro benzene ring substituents is 1. The summed E-state index contributed by atoms with van der Waals surface area (Å²) >= 11 is 0. The van der Waals surface area contributed by atoms with Gasteiger partial charge < -0.3 is 9.47 Å². The summed E-state index contributed by atoms with van der Waals surface area (Å²) in [6.07, 6.45) is 0. The molecule has 34 heavy (non-hydrogen) atoms. The van der Waals surface area contributed by atoms with Crippen molar-refractivity contribution in [3.63, 3.8) is 0 Å². The quantitative estimate of drug-likeness (QED) is 0.354. The lowest BCUT2D eigenvalue weighted by molar-refractivity contribution is -0.385. The average Bonchev–Trinajstić information content (AvgIpc) is 3.30. The van der Waals surface area contributed by atoms with E-state index in [1.54, 1.807) is 6.07 Å². The summed E-state index contributed by atoms with van der Waals surface area (Å²) in [5.41, 5.74) is 4.70. The minimum absolute atomic E-state index is 0.0641. The Hall–Kier alpha value is -4.65. The van der Waals surface area contributed by atoms with E-state index in [0.29, 0.717) is 11.5 Å². The van der Waals surface area contributed by atoms with Crippen LogP contribution in [-0.2, 0) is 10.0 Å². The molecule has 0 spiro atoms. The van der Waals surface area contributed by atoms with Gasteiger partial charge in [0.15, 0.2) is 11.5 Å². The molecule has 2 amide bonds. The highest BCUT2D eigenvalue weighted by atomic mass is 32.2. The summed E-state index contributed by atoms with van der Waals surface area (Å²) in [6.45, 7) is 0.0641. The normalized spacial score (nSPS) is 12.0. The number of ether oxygens (including phenoxy) is 2. The minimum atomic E-state index is -4.09. The molecule has 4 rings (SSSR count). The Labute approximate surface area is 192 Å². The number of nitrogens with zero attached hydrogens (tertiary/aromatic N) is 1. The Kier molecular flexibility index (Phi) is 6.01. The zero-order valence-electron chi connectivity index (χ0n) is 17.2. The fourth-order valence-corrected chi connectivity index (χ4v) is 4.06. The van der Waals surface area contributed by atoms with Gasteiger partial charge in [-0.2, -0.15) is 0 Å². The maximum atomic E-state index is 12.5. The Morgan fingerprint density at radius 1 is 0.853 bits per heavy atom. The molecular weight excluding hydrogens is 468 g/mol. The standard InChI is InChI=1S/C21H16N4O8S/c26-20(22-23-21(27)14-6-9-18-19(10-14)33-12-32-18)13-4-7-15(8-5-13)24-34(30,31)17-3-1-2-16(11-17)25(28)29/h1-11,24H,12H2,(H,22,26)(H,23,27). The number of hydrazine groups is 1. The van der Waals surface area contributed by atoms with E-state index in [4.69, 9.17) is 9.47 Å². The van der Waals surface area contributed by atoms with E-state index in [1.165, 1.54) is 54.6 Å². The van der Waals surface area contributed by atoms with Crippen LogP contribution in [0.5, 0.6) is 11.5 Å². The van der Waals surface area contributed by atoms with E-state index in [0.717, 1.165) is 6.07 Å². The number of benzene rings is 3. The Morgan fingerprint density at radius 3 is 2.21 bits per heavy atom. The Morgan fingerprint density at radius 2 is 1.50 bits per heavy atom. The molecule has 0 aliphatic carbocycles. The first-order valence-electron chi connectivity index (χ1n) is 9.60. The predicted octanol–water partition coefficient (Wildman–Crippen LogP) is 2.20. The largest absolute Gasteiger partial charge is 0.454 e. The van der Waals surface area contributed by atoms with Crippen LogP contribution < -0.4 is 25.0 Å². The van der Waals surface area contributed by atoms with Crippen LogP contribution in [0, 0.1) is 10.1 Å². The predicted molar refractivity (Wildman–Crippen MR) is 118 cm³/mol. The number of rotatable bonds is 6. The minimum Gasteiger partial charge on any atom is -0.454 e. The molecule has 0 saturated carbocycles. The molecule has 0 fully saturated rings. The Bertz CT molecular complexity index is 1390. The summed E-state index contributed by atoms with van der Waals surface area (Å²) < 4.78 is 37.7. The van der Waals surface area contributed by atoms with E-state index >= 15 is 0 Å². The summed E-state index contributed by atoms with van der Waals surface area (Å²) in [5.74, 6) is -0.279. The van der Waals surface area contributed by atoms with Crippen molar-refractivity contribution in [2.24, 2.45) is 0 Å². The molecule has 174 valence electrons. The number of carbonyl (C=O) groups is 2. The first kappa shape index (κ1) is 22.5. The fraction of sp³-hybridized carbons (Fsp3) is 0.0476. The van der Waals surface area contributed by atoms with Gasteiger partial charge in [0.2, 0.25) is 6.79 Å². The molecule has 13 heteroatoms. The molecule has 0 aromatic heterocycles. The van der Waals surface area contributed by atoms with Gasteiger partial charge in [-0.25, -0.2) is 8.42 Å². The third-order valence-electron chi connectivity index (χ3n) is 4.66. The molecule has 1 aliphatic rings. The van der Waals surface area contributed by atoms with Gasteiger partial charge in [0.05, 0.1) is 9.82 Å². The van der Waals surface area contributed by atoms with Crippen LogP contribution in [-0.4, -0.2) is 31.9 Å². The Balaban J connectivity index is 1.37. The molecule has 0 saturated heterocycles. The van der Waals surface area contributed by atoms with Crippen LogP contribution in [0.2, 0.25) is 0 Å². The highest BCUT2D eigenvalue weighted by molar-refractivity contribution is 7.92. The third-order valence-corrected chi connectivity index (χ3v) is 6.04. The number of hydrogen-bond donors (Lipinski definition) is 3. The summed E-state index contributed by atoms with van der Waals surface area (Å²) in [4.78, 5) is 34.5. The molecule has 1 aliphatic heterocycles. The van der Waals surface area contributed by atoms with Gasteiger partial charge >= 0.3 is 0 Å². The number of nitro benzene ring substituents is 1. The number of anilines is 1. The lowest BCUT2D eigenvalue weighted by Gasteiger charge is -2.10. The zero-order chi connectivity index (χ0) is 24.3. The van der Waals surface area contributed by atoms with Crippen LogP contribution in [0.4, 0.5) is 11.4 Å². The van der Waals surface area contributed by atoms with Crippen LogP contribution in [0.3, 0.4) is 0 Å². The highest BCUT2D eigenvalue weighted by Crippen LogP contribution is 2.32. The van der Waals surface area contributed by atoms with Crippen molar-refractivity contribution < 1.29 is 32.4 Å². The molecule has 0 radical (unpaired) electrons. The van der Waals surface area contributed by atoms with Crippen LogP contribution in [0.25, 0.3) is 0 Å². The summed E-state index contributed by atoms with van der Waals surface area (Å²) in [7, 11) is -4.09. The van der Waals surface area contributed by atoms with E-state index < -0.39 is 26.8 Å². The maximum absolute atomic E-state index is 12.5. The molecular formula is C21H16N4O8S. The first-order valence-corrected chi connectivity index (χ1v) is 11.1. The molecule has 3 N–H and O–H groups in total. The zero-order valence-corrected chi connectivity index (χ0v) is 18.0. The average molecular weight is 484 g/mol. The van der Waals surface area contributed by atoms with Gasteiger partial charge in [-0.15, -0.1) is 0 Å². The number of hydrogen-bond acceptors (Lipinski definition) is 8. The highest BCUT2D eigenvalue weighted by Gasteiger charge is 2.19. The number of nitro groups is 1. The van der Waals surface area contributed by atoms with Crippen molar-refractivity contribution in [3.8, 4) is 11.5 Å². The van der Waals surface area contributed by atoms with Crippen molar-refractivity contribution in [1.29, 1.82) is 0 Å². The van der Waals surface area contributed by atoms with Crippen LogP contribution in [0.1, 0.15) is 20.7 Å². The van der Waals surface area contributed by atoms with Crippen molar-refractivity contribution in [2.45, 2.75) is 4.90 Å². The summed E-state index contributed by atoms with van der Waals surface area (Å²) in [6, 6.07) is 14.5. The van der Waals surface area contributed by atoms with Crippen molar-refractivity contribution >= 4 is 33.2 Å². The fourth-order valence-electron chi connectivity index (χ4n) is 2.96. The number of nitrogens with one attached hydrogen (secondary N) is 3. The first-order chi connectivity index (χ1) is 16.2. The molecule has 0 unspecified atom stereocenters. The maximum Gasteiger partial charge on any atom is 0.270 e. The molecule has 1 heterocycles. The monoisotopic (exact) mass is 484 g/mol.